The average molecular weight is 569 g/mol. The SMILES string of the molecule is CCNC(=S)NCCCn1c(-c2ccc(OC(F)(F)F)cc2)csc1=NC(=O)c1ccc(OC)cc1OC. The highest BCUT2D eigenvalue weighted by atomic mass is 32.1. The Labute approximate surface area is 227 Å². The van der Waals surface area contributed by atoms with Crippen LogP contribution in [0.2, 0.25) is 0 Å². The van der Waals surface area contributed by atoms with Crippen molar-refractivity contribution in [1.82, 2.24) is 15.2 Å². The molecule has 2 N–H and O–H groups in total. The van der Waals surface area contributed by atoms with E-state index < -0.39 is 12.3 Å². The number of hydrogen-bond acceptors (Lipinski definition) is 6. The van der Waals surface area contributed by atoms with Gasteiger partial charge in [-0.3, -0.25) is 4.79 Å². The van der Waals surface area contributed by atoms with E-state index in [-0.39, 0.29) is 11.3 Å². The number of thiocarbonyl (C=S) groups is 1. The zero-order valence-corrected chi connectivity index (χ0v) is 22.6. The van der Waals surface area contributed by atoms with Crippen molar-refractivity contribution in [1.29, 1.82) is 0 Å². The van der Waals surface area contributed by atoms with Crippen LogP contribution in [0.4, 0.5) is 13.2 Å². The minimum Gasteiger partial charge on any atom is -0.497 e. The fourth-order valence-electron chi connectivity index (χ4n) is 3.48. The van der Waals surface area contributed by atoms with Gasteiger partial charge in [-0.15, -0.1) is 24.5 Å². The summed E-state index contributed by atoms with van der Waals surface area (Å²) in [5.41, 5.74) is 1.60. The van der Waals surface area contributed by atoms with Crippen molar-refractivity contribution in [3.05, 3.63) is 58.2 Å². The van der Waals surface area contributed by atoms with Gasteiger partial charge < -0.3 is 29.4 Å². The van der Waals surface area contributed by atoms with Gasteiger partial charge in [-0.1, -0.05) is 0 Å². The summed E-state index contributed by atoms with van der Waals surface area (Å²) in [5, 5.41) is 8.46. The molecule has 1 aromatic heterocycles. The summed E-state index contributed by atoms with van der Waals surface area (Å²) >= 11 is 6.44. The van der Waals surface area contributed by atoms with Gasteiger partial charge in [0.05, 0.1) is 25.5 Å². The number of nitrogens with zero attached hydrogens (tertiary/aromatic N) is 2. The Hall–Kier alpha value is -3.58. The minimum absolute atomic E-state index is 0.265. The van der Waals surface area contributed by atoms with E-state index in [1.54, 1.807) is 23.6 Å². The lowest BCUT2D eigenvalue weighted by Gasteiger charge is -2.12. The third-order valence-electron chi connectivity index (χ3n) is 5.20. The number of alkyl halides is 3. The zero-order chi connectivity index (χ0) is 27.7. The van der Waals surface area contributed by atoms with Crippen molar-refractivity contribution < 1.29 is 32.2 Å². The predicted molar refractivity (Wildman–Crippen MR) is 143 cm³/mol. The second-order valence-corrected chi connectivity index (χ2v) is 9.00. The molecule has 0 spiro atoms. The maximum atomic E-state index is 13.1. The van der Waals surface area contributed by atoms with E-state index >= 15 is 0 Å². The molecule has 0 aliphatic heterocycles. The number of halogens is 3. The number of thiazole rings is 1. The van der Waals surface area contributed by atoms with E-state index in [0.29, 0.717) is 58.7 Å². The standard InChI is InChI=1S/C25H27F3N4O4S2/c1-4-29-23(37)30-12-5-13-32-20(16-6-8-17(9-7-16)36-25(26,27)28)15-38-24(32)31-22(33)19-11-10-18(34-2)14-21(19)35-3/h6-11,14-15H,4-5,12-13H2,1-3H3,(H2,29,30,37). The van der Waals surface area contributed by atoms with Crippen LogP contribution in [-0.2, 0) is 6.54 Å². The molecule has 3 aromatic rings. The molecule has 204 valence electrons. The van der Waals surface area contributed by atoms with Crippen LogP contribution in [0.3, 0.4) is 0 Å². The molecule has 0 aliphatic rings. The smallest absolute Gasteiger partial charge is 0.497 e. The molecule has 8 nitrogen and oxygen atoms in total. The number of methoxy groups -OCH3 is 2. The van der Waals surface area contributed by atoms with Crippen molar-refractivity contribution in [2.24, 2.45) is 4.99 Å². The highest BCUT2D eigenvalue weighted by molar-refractivity contribution is 7.80. The minimum atomic E-state index is -4.78. The molecular weight excluding hydrogens is 541 g/mol. The van der Waals surface area contributed by atoms with E-state index in [0.717, 1.165) is 0 Å². The average Bonchev–Trinajstić information content (AvgIpc) is 3.27. The van der Waals surface area contributed by atoms with Gasteiger partial charge in [0.15, 0.2) is 9.91 Å². The first-order valence-electron chi connectivity index (χ1n) is 11.5. The number of carbonyl (C=O) groups is 1. The van der Waals surface area contributed by atoms with E-state index in [4.69, 9.17) is 21.7 Å². The van der Waals surface area contributed by atoms with Crippen LogP contribution in [0.15, 0.2) is 52.8 Å². The number of carbonyl (C=O) groups excluding carboxylic acids is 1. The Balaban J connectivity index is 1.94. The van der Waals surface area contributed by atoms with Gasteiger partial charge in [0.1, 0.15) is 17.2 Å². The molecule has 0 fully saturated rings. The van der Waals surface area contributed by atoms with E-state index in [1.165, 1.54) is 49.8 Å². The number of aromatic nitrogens is 1. The van der Waals surface area contributed by atoms with Gasteiger partial charge in [-0.2, -0.15) is 4.99 Å². The van der Waals surface area contributed by atoms with Gasteiger partial charge in [0.2, 0.25) is 0 Å². The van der Waals surface area contributed by atoms with Crippen LogP contribution in [0.5, 0.6) is 17.2 Å². The second kappa shape index (κ2) is 13.3. The molecule has 38 heavy (non-hydrogen) atoms. The van der Waals surface area contributed by atoms with Gasteiger partial charge >= 0.3 is 6.36 Å². The second-order valence-electron chi connectivity index (χ2n) is 7.75. The van der Waals surface area contributed by atoms with Crippen LogP contribution in [0.1, 0.15) is 23.7 Å². The highest BCUT2D eigenvalue weighted by Gasteiger charge is 2.31. The predicted octanol–water partition coefficient (Wildman–Crippen LogP) is 4.75. The van der Waals surface area contributed by atoms with Gasteiger partial charge in [0, 0.05) is 31.1 Å². The van der Waals surface area contributed by atoms with Gasteiger partial charge in [0.25, 0.3) is 5.91 Å². The summed E-state index contributed by atoms with van der Waals surface area (Å²) in [5.74, 6) is 0.0264. The van der Waals surface area contributed by atoms with E-state index in [9.17, 15) is 18.0 Å². The fourth-order valence-corrected chi connectivity index (χ4v) is 4.66. The lowest BCUT2D eigenvalue weighted by molar-refractivity contribution is -0.274. The molecule has 0 radical (unpaired) electrons. The lowest BCUT2D eigenvalue weighted by atomic mass is 10.1. The molecule has 1 amide bonds. The van der Waals surface area contributed by atoms with Crippen LogP contribution in [-0.4, -0.2) is 49.3 Å². The Morgan fingerprint density at radius 1 is 1.08 bits per heavy atom. The van der Waals surface area contributed by atoms with E-state index in [1.807, 2.05) is 11.5 Å². The maximum absolute atomic E-state index is 13.1. The lowest BCUT2D eigenvalue weighted by Crippen LogP contribution is -2.36. The third-order valence-corrected chi connectivity index (χ3v) is 6.35. The molecule has 1 heterocycles. The first-order valence-corrected chi connectivity index (χ1v) is 12.8. The van der Waals surface area contributed by atoms with Gasteiger partial charge in [-0.05, 0) is 67.5 Å². The van der Waals surface area contributed by atoms with E-state index in [2.05, 4.69) is 20.4 Å². The largest absolute Gasteiger partial charge is 0.573 e. The van der Waals surface area contributed by atoms with Gasteiger partial charge in [-0.25, -0.2) is 0 Å². The summed E-state index contributed by atoms with van der Waals surface area (Å²) in [6, 6.07) is 10.3. The van der Waals surface area contributed by atoms with Crippen molar-refractivity contribution in [3.63, 3.8) is 0 Å². The molecular formula is C25H27F3N4O4S2. The quantitative estimate of drug-likeness (QED) is 0.270. The summed E-state index contributed by atoms with van der Waals surface area (Å²) < 4.78 is 54.0. The monoisotopic (exact) mass is 568 g/mol. The Bertz CT molecular complexity index is 1320. The molecule has 0 bridgehead atoms. The number of rotatable bonds is 10. The van der Waals surface area contributed by atoms with Crippen molar-refractivity contribution in [2.45, 2.75) is 26.3 Å². The Kier molecular flexibility index (Phi) is 10.1. The highest BCUT2D eigenvalue weighted by Crippen LogP contribution is 2.28. The Morgan fingerprint density at radius 3 is 2.42 bits per heavy atom. The summed E-state index contributed by atoms with van der Waals surface area (Å²) in [6.07, 6.45) is -4.14. The topological polar surface area (TPSA) is 86.1 Å². The van der Waals surface area contributed by atoms with Crippen molar-refractivity contribution in [2.75, 3.05) is 27.3 Å². The number of nitrogens with one attached hydrogen (secondary N) is 2. The first-order chi connectivity index (χ1) is 18.1. The molecule has 2 aromatic carbocycles. The number of hydrogen-bond donors (Lipinski definition) is 2. The van der Waals surface area contributed by atoms with Crippen molar-refractivity contribution >= 4 is 34.6 Å². The zero-order valence-electron chi connectivity index (χ0n) is 20.9. The first kappa shape index (κ1) is 29.0. The number of amides is 1. The molecule has 0 saturated carbocycles. The molecule has 0 saturated heterocycles. The van der Waals surface area contributed by atoms with Crippen LogP contribution < -0.4 is 29.6 Å². The molecule has 0 unspecified atom stereocenters. The number of benzene rings is 2. The third kappa shape index (κ3) is 7.96. The van der Waals surface area contributed by atoms with Crippen LogP contribution in [0, 0.1) is 0 Å². The fraction of sp³-hybridized carbons (Fsp3) is 0.320. The summed E-state index contributed by atoms with van der Waals surface area (Å²) in [6.45, 7) is 3.66. The Morgan fingerprint density at radius 2 is 1.79 bits per heavy atom. The molecule has 0 aliphatic carbocycles. The normalized spacial score (nSPS) is 11.7. The van der Waals surface area contributed by atoms with Crippen LogP contribution in [0.25, 0.3) is 11.3 Å². The summed E-state index contributed by atoms with van der Waals surface area (Å²) in [7, 11) is 2.96. The number of ether oxygens (including phenoxy) is 3. The molecule has 3 rings (SSSR count). The maximum Gasteiger partial charge on any atom is 0.573 e. The van der Waals surface area contributed by atoms with Crippen LogP contribution >= 0.6 is 23.6 Å². The molecule has 0 atom stereocenters. The van der Waals surface area contributed by atoms with Crippen molar-refractivity contribution in [3.8, 4) is 28.5 Å². The molecule has 13 heteroatoms. The summed E-state index contributed by atoms with van der Waals surface area (Å²) in [4.78, 5) is 17.9.